The first-order chi connectivity index (χ1) is 11.5. The molecule has 0 saturated carbocycles. The van der Waals surface area contributed by atoms with Crippen LogP contribution in [0.25, 0.3) is 6.08 Å². The van der Waals surface area contributed by atoms with Crippen molar-refractivity contribution in [2.45, 2.75) is 13.8 Å². The number of aliphatic imine (C=N–C) groups is 1. The number of nitrogens with one attached hydrogen (secondary N) is 1. The zero-order chi connectivity index (χ0) is 17.3. The highest BCUT2D eigenvalue weighted by Crippen LogP contribution is 2.26. The van der Waals surface area contributed by atoms with Gasteiger partial charge in [-0.1, -0.05) is 12.1 Å². The summed E-state index contributed by atoms with van der Waals surface area (Å²) in [6.45, 7) is 4.14. The zero-order valence-corrected chi connectivity index (χ0v) is 14.8. The Labute approximate surface area is 143 Å². The smallest absolute Gasteiger partial charge is 0.146 e. The van der Waals surface area contributed by atoms with Crippen LogP contribution < -0.4 is 4.90 Å². The van der Waals surface area contributed by atoms with Crippen molar-refractivity contribution in [1.29, 1.82) is 0 Å². The molecule has 24 heavy (non-hydrogen) atoms. The Morgan fingerprint density at radius 2 is 1.83 bits per heavy atom. The minimum Gasteiger partial charge on any atom is -0.494 e. The maximum atomic E-state index is 5.51. The fraction of sp³-hybridized carbons (Fsp3) is 0.250. The second-order valence-electron chi connectivity index (χ2n) is 6.23. The van der Waals surface area contributed by atoms with E-state index in [1.807, 2.05) is 26.2 Å². The van der Waals surface area contributed by atoms with Gasteiger partial charge in [0.05, 0.1) is 12.8 Å². The van der Waals surface area contributed by atoms with Gasteiger partial charge in [-0.2, -0.15) is 0 Å². The second-order valence-corrected chi connectivity index (χ2v) is 6.23. The Bertz CT molecular complexity index is 836. The van der Waals surface area contributed by atoms with Crippen molar-refractivity contribution in [3.63, 3.8) is 0 Å². The second kappa shape index (κ2) is 6.40. The van der Waals surface area contributed by atoms with E-state index in [1.54, 1.807) is 7.11 Å². The Kier molecular flexibility index (Phi) is 4.30. The summed E-state index contributed by atoms with van der Waals surface area (Å²) in [6, 6.07) is 10.5. The molecule has 0 fully saturated rings. The van der Waals surface area contributed by atoms with Crippen LogP contribution in [0.1, 0.15) is 22.5 Å². The fourth-order valence-electron chi connectivity index (χ4n) is 2.80. The maximum absolute atomic E-state index is 5.51. The van der Waals surface area contributed by atoms with Crippen LogP contribution in [-0.2, 0) is 4.74 Å². The standard InChI is InChI=1S/C20H23N3O/c1-13-10-14(2)21-17(13)11-19-20(24-5)12-18(22-19)15-6-8-16(9-7-15)23(3)4/h6-12,21H,1-5H3. The number of hydrogen-bond acceptors (Lipinski definition) is 3. The van der Waals surface area contributed by atoms with Crippen LogP contribution in [0.15, 0.2) is 52.9 Å². The van der Waals surface area contributed by atoms with E-state index >= 15 is 0 Å². The number of aromatic nitrogens is 1. The van der Waals surface area contributed by atoms with Crippen molar-refractivity contribution in [1.82, 2.24) is 4.98 Å². The topological polar surface area (TPSA) is 40.6 Å². The molecule has 0 aliphatic carbocycles. The van der Waals surface area contributed by atoms with Gasteiger partial charge in [-0.25, -0.2) is 4.99 Å². The van der Waals surface area contributed by atoms with Gasteiger partial charge < -0.3 is 14.6 Å². The molecular weight excluding hydrogens is 298 g/mol. The first-order valence-electron chi connectivity index (χ1n) is 7.98. The quantitative estimate of drug-likeness (QED) is 0.922. The molecule has 2 aromatic rings. The average molecular weight is 321 g/mol. The summed E-state index contributed by atoms with van der Waals surface area (Å²) >= 11 is 0. The molecule has 1 aliphatic rings. The first-order valence-corrected chi connectivity index (χ1v) is 7.98. The molecule has 0 saturated heterocycles. The van der Waals surface area contributed by atoms with Crippen molar-refractivity contribution >= 4 is 17.5 Å². The first kappa shape index (κ1) is 16.1. The van der Waals surface area contributed by atoms with Gasteiger partial charge in [-0.05, 0) is 43.7 Å². The van der Waals surface area contributed by atoms with Gasteiger partial charge in [0.15, 0.2) is 0 Å². The molecule has 0 spiro atoms. The molecule has 0 unspecified atom stereocenters. The molecule has 1 N–H and O–H groups in total. The van der Waals surface area contributed by atoms with Crippen molar-refractivity contribution in [3.05, 3.63) is 70.4 Å². The van der Waals surface area contributed by atoms with Crippen LogP contribution in [0.5, 0.6) is 0 Å². The predicted octanol–water partition coefficient (Wildman–Crippen LogP) is 4.07. The molecule has 3 rings (SSSR count). The third-order valence-electron chi connectivity index (χ3n) is 4.13. The molecule has 4 heteroatoms. The SMILES string of the molecule is COC1=CC(c2ccc(N(C)C)cc2)=NC1=Cc1[nH]c(C)cc1C. The number of hydrogen-bond donors (Lipinski definition) is 1. The van der Waals surface area contributed by atoms with Crippen LogP contribution in [0.2, 0.25) is 0 Å². The van der Waals surface area contributed by atoms with Crippen molar-refractivity contribution in [3.8, 4) is 0 Å². The Morgan fingerprint density at radius 1 is 1.12 bits per heavy atom. The third-order valence-corrected chi connectivity index (χ3v) is 4.13. The van der Waals surface area contributed by atoms with Crippen LogP contribution in [-0.4, -0.2) is 31.9 Å². The summed E-state index contributed by atoms with van der Waals surface area (Å²) in [5, 5.41) is 0. The highest BCUT2D eigenvalue weighted by atomic mass is 16.5. The number of ether oxygens (including phenoxy) is 1. The molecule has 0 amide bonds. The van der Waals surface area contributed by atoms with Gasteiger partial charge in [0.2, 0.25) is 0 Å². The van der Waals surface area contributed by atoms with E-state index in [0.29, 0.717) is 0 Å². The van der Waals surface area contributed by atoms with Gasteiger partial charge in [0.1, 0.15) is 11.5 Å². The summed E-state index contributed by atoms with van der Waals surface area (Å²) in [7, 11) is 5.75. The lowest BCUT2D eigenvalue weighted by molar-refractivity contribution is 0.303. The van der Waals surface area contributed by atoms with Crippen LogP contribution >= 0.6 is 0 Å². The molecule has 2 heterocycles. The predicted molar refractivity (Wildman–Crippen MR) is 101 cm³/mol. The molecule has 1 aromatic carbocycles. The number of rotatable bonds is 4. The Morgan fingerprint density at radius 3 is 2.38 bits per heavy atom. The highest BCUT2D eigenvalue weighted by Gasteiger charge is 2.17. The summed E-state index contributed by atoms with van der Waals surface area (Å²) in [5.74, 6) is 0.785. The van der Waals surface area contributed by atoms with Crippen LogP contribution in [0.3, 0.4) is 0 Å². The van der Waals surface area contributed by atoms with Crippen molar-refractivity contribution < 1.29 is 4.74 Å². The van der Waals surface area contributed by atoms with E-state index in [2.05, 4.69) is 54.1 Å². The lowest BCUT2D eigenvalue weighted by atomic mass is 10.1. The number of anilines is 1. The molecule has 124 valence electrons. The molecule has 1 aromatic heterocycles. The van der Waals surface area contributed by atoms with Gasteiger partial charge in [-0.15, -0.1) is 0 Å². The molecule has 4 nitrogen and oxygen atoms in total. The number of H-pyrrole nitrogens is 1. The monoisotopic (exact) mass is 321 g/mol. The van der Waals surface area contributed by atoms with Gasteiger partial charge in [-0.3, -0.25) is 0 Å². The zero-order valence-electron chi connectivity index (χ0n) is 14.8. The molecule has 0 bridgehead atoms. The number of nitrogens with zero attached hydrogens (tertiary/aromatic N) is 2. The van der Waals surface area contributed by atoms with Gasteiger partial charge in [0, 0.05) is 42.8 Å². The summed E-state index contributed by atoms with van der Waals surface area (Å²) in [6.07, 6.45) is 4.03. The maximum Gasteiger partial charge on any atom is 0.146 e. The summed E-state index contributed by atoms with van der Waals surface area (Å²) < 4.78 is 5.51. The molecule has 1 aliphatic heterocycles. The summed E-state index contributed by atoms with van der Waals surface area (Å²) in [5.41, 5.74) is 7.43. The van der Waals surface area contributed by atoms with E-state index in [0.717, 1.165) is 34.1 Å². The minimum atomic E-state index is 0.785. The Balaban J connectivity index is 1.95. The fourth-order valence-corrected chi connectivity index (χ4v) is 2.80. The van der Waals surface area contributed by atoms with Crippen LogP contribution in [0, 0.1) is 13.8 Å². The number of allylic oxidation sites excluding steroid dienone is 1. The van der Waals surface area contributed by atoms with E-state index in [-0.39, 0.29) is 0 Å². The normalized spacial score (nSPS) is 15.5. The lowest BCUT2D eigenvalue weighted by Gasteiger charge is -2.12. The lowest BCUT2D eigenvalue weighted by Crippen LogP contribution is -2.08. The molecule has 0 radical (unpaired) electrons. The van der Waals surface area contributed by atoms with Crippen molar-refractivity contribution in [2.24, 2.45) is 4.99 Å². The van der Waals surface area contributed by atoms with E-state index in [9.17, 15) is 0 Å². The summed E-state index contributed by atoms with van der Waals surface area (Å²) in [4.78, 5) is 10.2. The van der Waals surface area contributed by atoms with Gasteiger partial charge in [0.25, 0.3) is 0 Å². The third kappa shape index (κ3) is 3.13. The van der Waals surface area contributed by atoms with E-state index in [4.69, 9.17) is 9.73 Å². The number of aryl methyl sites for hydroxylation is 2. The number of benzene rings is 1. The average Bonchev–Trinajstić information content (AvgIpc) is 3.10. The highest BCUT2D eigenvalue weighted by molar-refractivity contribution is 6.12. The van der Waals surface area contributed by atoms with E-state index in [1.165, 1.54) is 11.3 Å². The van der Waals surface area contributed by atoms with E-state index < -0.39 is 0 Å². The van der Waals surface area contributed by atoms with Gasteiger partial charge >= 0.3 is 0 Å². The minimum absolute atomic E-state index is 0.785. The molecular formula is C20H23N3O. The number of methoxy groups -OCH3 is 1. The Hall–Kier alpha value is -2.75. The molecule has 0 atom stereocenters. The van der Waals surface area contributed by atoms with Crippen LogP contribution in [0.4, 0.5) is 5.69 Å². The number of aromatic amines is 1. The van der Waals surface area contributed by atoms with Crippen molar-refractivity contribution in [2.75, 3.05) is 26.1 Å². The largest absolute Gasteiger partial charge is 0.494 e.